The number of rotatable bonds is 8. The minimum Gasteiger partial charge on any atom is -0.491 e. The fourth-order valence-corrected chi connectivity index (χ4v) is 2.34. The van der Waals surface area contributed by atoms with Crippen molar-refractivity contribution in [3.05, 3.63) is 18.2 Å². The molecule has 1 aromatic carbocycles. The molecule has 1 aliphatic rings. The van der Waals surface area contributed by atoms with Crippen molar-refractivity contribution in [3.8, 4) is 5.75 Å². The topological polar surface area (TPSA) is 59.8 Å². The van der Waals surface area contributed by atoms with Crippen molar-refractivity contribution in [2.75, 3.05) is 57.1 Å². The SMILES string of the molecule is CCCOc1cc(NCCCN2CCOCC2)ccc1N. The first-order valence-electron chi connectivity index (χ1n) is 7.86. The molecular formula is C16H27N3O2. The lowest BCUT2D eigenvalue weighted by molar-refractivity contribution is 0.0378. The number of nitrogens with zero attached hydrogens (tertiary/aromatic N) is 1. The molecule has 1 heterocycles. The number of nitrogens with two attached hydrogens (primary N) is 1. The number of anilines is 2. The Morgan fingerprint density at radius 3 is 2.90 bits per heavy atom. The Hall–Kier alpha value is -1.46. The van der Waals surface area contributed by atoms with Crippen molar-refractivity contribution in [1.29, 1.82) is 0 Å². The Kier molecular flexibility index (Phi) is 6.63. The number of nitrogen functional groups attached to an aromatic ring is 1. The van der Waals surface area contributed by atoms with Crippen molar-refractivity contribution in [2.24, 2.45) is 0 Å². The quantitative estimate of drug-likeness (QED) is 0.568. The fraction of sp³-hybridized carbons (Fsp3) is 0.625. The predicted octanol–water partition coefficient (Wildman–Crippen LogP) is 2.19. The first-order chi connectivity index (χ1) is 10.3. The zero-order valence-corrected chi connectivity index (χ0v) is 12.9. The van der Waals surface area contributed by atoms with Crippen LogP contribution in [-0.4, -0.2) is 50.9 Å². The molecule has 1 aliphatic heterocycles. The van der Waals surface area contributed by atoms with Gasteiger partial charge in [0, 0.05) is 31.4 Å². The molecule has 1 saturated heterocycles. The van der Waals surface area contributed by atoms with Crippen LogP contribution in [0, 0.1) is 0 Å². The predicted molar refractivity (Wildman–Crippen MR) is 87.0 cm³/mol. The Bertz CT molecular complexity index is 420. The van der Waals surface area contributed by atoms with Gasteiger partial charge in [0.2, 0.25) is 0 Å². The van der Waals surface area contributed by atoms with Gasteiger partial charge in [-0.25, -0.2) is 0 Å². The first-order valence-corrected chi connectivity index (χ1v) is 7.86. The van der Waals surface area contributed by atoms with Crippen LogP contribution in [0.5, 0.6) is 5.75 Å². The van der Waals surface area contributed by atoms with Crippen LogP contribution in [0.15, 0.2) is 18.2 Å². The number of morpholine rings is 1. The molecule has 0 amide bonds. The first kappa shape index (κ1) is 15.9. The van der Waals surface area contributed by atoms with E-state index in [1.165, 1.54) is 0 Å². The second kappa shape index (κ2) is 8.74. The van der Waals surface area contributed by atoms with Crippen LogP contribution < -0.4 is 15.8 Å². The van der Waals surface area contributed by atoms with Gasteiger partial charge in [-0.05, 0) is 31.5 Å². The van der Waals surface area contributed by atoms with Crippen molar-refractivity contribution in [2.45, 2.75) is 19.8 Å². The van der Waals surface area contributed by atoms with E-state index in [1.807, 2.05) is 18.2 Å². The molecule has 0 aliphatic carbocycles. The maximum absolute atomic E-state index is 5.91. The molecule has 118 valence electrons. The molecule has 0 atom stereocenters. The molecule has 0 aromatic heterocycles. The largest absolute Gasteiger partial charge is 0.491 e. The van der Waals surface area contributed by atoms with Gasteiger partial charge in [0.25, 0.3) is 0 Å². The molecule has 5 heteroatoms. The highest BCUT2D eigenvalue weighted by molar-refractivity contribution is 5.61. The molecule has 0 radical (unpaired) electrons. The summed E-state index contributed by atoms with van der Waals surface area (Å²) < 4.78 is 11.0. The van der Waals surface area contributed by atoms with Gasteiger partial charge in [0.1, 0.15) is 5.75 Å². The minimum absolute atomic E-state index is 0.697. The van der Waals surface area contributed by atoms with Crippen LogP contribution in [0.25, 0.3) is 0 Å². The Labute approximate surface area is 127 Å². The smallest absolute Gasteiger partial charge is 0.144 e. The maximum Gasteiger partial charge on any atom is 0.144 e. The molecule has 1 fully saturated rings. The van der Waals surface area contributed by atoms with Crippen LogP contribution in [0.4, 0.5) is 11.4 Å². The lowest BCUT2D eigenvalue weighted by Gasteiger charge is -2.26. The zero-order chi connectivity index (χ0) is 14.9. The summed E-state index contributed by atoms with van der Waals surface area (Å²) in [5.74, 6) is 0.773. The summed E-state index contributed by atoms with van der Waals surface area (Å²) in [5, 5.41) is 3.43. The van der Waals surface area contributed by atoms with E-state index >= 15 is 0 Å². The summed E-state index contributed by atoms with van der Waals surface area (Å²) in [7, 11) is 0. The zero-order valence-electron chi connectivity index (χ0n) is 12.9. The molecule has 1 aromatic rings. The molecule has 21 heavy (non-hydrogen) atoms. The molecule has 0 bridgehead atoms. The molecule has 2 rings (SSSR count). The van der Waals surface area contributed by atoms with Crippen molar-refractivity contribution in [3.63, 3.8) is 0 Å². The third-order valence-electron chi connectivity index (χ3n) is 3.56. The molecule has 0 unspecified atom stereocenters. The summed E-state index contributed by atoms with van der Waals surface area (Å²) in [4.78, 5) is 2.45. The van der Waals surface area contributed by atoms with E-state index in [1.54, 1.807) is 0 Å². The third kappa shape index (κ3) is 5.44. The van der Waals surface area contributed by atoms with E-state index in [9.17, 15) is 0 Å². The summed E-state index contributed by atoms with van der Waals surface area (Å²) >= 11 is 0. The molecule has 0 spiro atoms. The van der Waals surface area contributed by atoms with E-state index in [0.29, 0.717) is 12.3 Å². The van der Waals surface area contributed by atoms with Crippen LogP contribution >= 0.6 is 0 Å². The Morgan fingerprint density at radius 1 is 1.33 bits per heavy atom. The highest BCUT2D eigenvalue weighted by Crippen LogP contribution is 2.25. The van der Waals surface area contributed by atoms with E-state index in [2.05, 4.69) is 17.1 Å². The van der Waals surface area contributed by atoms with Gasteiger partial charge >= 0.3 is 0 Å². The normalized spacial score (nSPS) is 15.9. The van der Waals surface area contributed by atoms with Gasteiger partial charge < -0.3 is 20.5 Å². The van der Waals surface area contributed by atoms with Crippen LogP contribution in [-0.2, 0) is 4.74 Å². The lowest BCUT2D eigenvalue weighted by Crippen LogP contribution is -2.37. The highest BCUT2D eigenvalue weighted by Gasteiger charge is 2.09. The van der Waals surface area contributed by atoms with Gasteiger partial charge in [-0.15, -0.1) is 0 Å². The molecule has 3 N–H and O–H groups in total. The van der Waals surface area contributed by atoms with Crippen LogP contribution in [0.3, 0.4) is 0 Å². The number of benzene rings is 1. The fourth-order valence-electron chi connectivity index (χ4n) is 2.34. The average Bonchev–Trinajstić information content (AvgIpc) is 2.52. The van der Waals surface area contributed by atoms with Gasteiger partial charge in [-0.1, -0.05) is 6.92 Å². The van der Waals surface area contributed by atoms with E-state index < -0.39 is 0 Å². The van der Waals surface area contributed by atoms with E-state index in [-0.39, 0.29) is 0 Å². The van der Waals surface area contributed by atoms with Crippen molar-refractivity contribution < 1.29 is 9.47 Å². The maximum atomic E-state index is 5.91. The second-order valence-electron chi connectivity index (χ2n) is 5.34. The minimum atomic E-state index is 0.697. The van der Waals surface area contributed by atoms with E-state index in [0.717, 1.165) is 63.7 Å². The van der Waals surface area contributed by atoms with Crippen molar-refractivity contribution >= 4 is 11.4 Å². The van der Waals surface area contributed by atoms with Crippen LogP contribution in [0.2, 0.25) is 0 Å². The lowest BCUT2D eigenvalue weighted by atomic mass is 10.2. The number of hydrogen-bond acceptors (Lipinski definition) is 5. The van der Waals surface area contributed by atoms with Gasteiger partial charge in [0.05, 0.1) is 25.5 Å². The number of nitrogens with one attached hydrogen (secondary N) is 1. The monoisotopic (exact) mass is 293 g/mol. The highest BCUT2D eigenvalue weighted by atomic mass is 16.5. The van der Waals surface area contributed by atoms with Gasteiger partial charge in [0.15, 0.2) is 0 Å². The molecule has 0 saturated carbocycles. The van der Waals surface area contributed by atoms with Gasteiger partial charge in [-0.2, -0.15) is 0 Å². The third-order valence-corrected chi connectivity index (χ3v) is 3.56. The second-order valence-corrected chi connectivity index (χ2v) is 5.34. The summed E-state index contributed by atoms with van der Waals surface area (Å²) in [6.07, 6.45) is 2.10. The average molecular weight is 293 g/mol. The van der Waals surface area contributed by atoms with Crippen molar-refractivity contribution in [1.82, 2.24) is 4.90 Å². The molecule has 5 nitrogen and oxygen atoms in total. The standard InChI is InChI=1S/C16H27N3O2/c1-2-10-21-16-13-14(4-5-15(16)17)18-6-3-7-19-8-11-20-12-9-19/h4-5,13,18H,2-3,6-12,17H2,1H3. The number of hydrogen-bond donors (Lipinski definition) is 2. The van der Waals surface area contributed by atoms with E-state index in [4.69, 9.17) is 15.2 Å². The summed E-state index contributed by atoms with van der Waals surface area (Å²) in [6.45, 7) is 8.69. The van der Waals surface area contributed by atoms with Gasteiger partial charge in [-0.3, -0.25) is 4.90 Å². The van der Waals surface area contributed by atoms with Crippen LogP contribution in [0.1, 0.15) is 19.8 Å². The summed E-state index contributed by atoms with van der Waals surface area (Å²) in [6, 6.07) is 5.89. The number of ether oxygens (including phenoxy) is 2. The molecular weight excluding hydrogens is 266 g/mol. The Morgan fingerprint density at radius 2 is 2.14 bits per heavy atom. The Balaban J connectivity index is 1.72. The summed E-state index contributed by atoms with van der Waals surface area (Å²) in [5.41, 5.74) is 7.67.